The van der Waals surface area contributed by atoms with Crippen molar-refractivity contribution in [2.45, 2.75) is 51.9 Å². The van der Waals surface area contributed by atoms with Gasteiger partial charge in [0.15, 0.2) is 0 Å². The Balaban J connectivity index is 0.000000186. The van der Waals surface area contributed by atoms with E-state index >= 15 is 0 Å². The maximum absolute atomic E-state index is 11.9. The van der Waals surface area contributed by atoms with Crippen LogP contribution in [0.5, 0.6) is 0 Å². The molecule has 0 spiro atoms. The molecule has 2 bridgehead atoms. The molecule has 182 valence electrons. The van der Waals surface area contributed by atoms with E-state index in [1.807, 2.05) is 56.0 Å². The number of carbonyl (C=O) groups is 3. The Bertz CT molecular complexity index is 792. The SMILES string of the molecule is CC(C)(C)OC(=O)N1CCN(NC=O)CC1.O=C1N2CCCC(C2)N1OCc1ccccc1. The molecule has 10 nitrogen and oxygen atoms in total. The van der Waals surface area contributed by atoms with Gasteiger partial charge in [0.2, 0.25) is 6.41 Å². The first-order valence-electron chi connectivity index (χ1n) is 11.4. The van der Waals surface area contributed by atoms with E-state index in [9.17, 15) is 14.4 Å². The average molecular weight is 462 g/mol. The summed E-state index contributed by atoms with van der Waals surface area (Å²) < 4.78 is 5.25. The van der Waals surface area contributed by atoms with Crippen molar-refractivity contribution in [3.05, 3.63) is 35.9 Å². The standard InChI is InChI=1S/C13H16N2O2.C10H19N3O3/c16-13-14-8-4-7-12(9-14)15(13)17-10-11-5-2-1-3-6-11;1-10(2,3)16-9(15)12-4-6-13(7-5-12)11-8-14/h1-3,5-6,12H,4,7-10H2;8H,4-7H2,1-3H3,(H,11,14). The largest absolute Gasteiger partial charge is 0.444 e. The highest BCUT2D eigenvalue weighted by atomic mass is 16.7. The number of benzene rings is 1. The molecule has 1 aromatic carbocycles. The smallest absolute Gasteiger partial charge is 0.410 e. The Morgan fingerprint density at radius 3 is 2.42 bits per heavy atom. The zero-order valence-corrected chi connectivity index (χ0v) is 19.7. The predicted molar refractivity (Wildman–Crippen MR) is 122 cm³/mol. The fraction of sp³-hybridized carbons (Fsp3) is 0.609. The highest BCUT2D eigenvalue weighted by Gasteiger charge is 2.40. The monoisotopic (exact) mass is 461 g/mol. The van der Waals surface area contributed by atoms with Gasteiger partial charge in [-0.15, -0.1) is 0 Å². The molecular weight excluding hydrogens is 426 g/mol. The second-order valence-electron chi connectivity index (χ2n) is 9.31. The third-order valence-corrected chi connectivity index (χ3v) is 5.57. The van der Waals surface area contributed by atoms with Gasteiger partial charge in [0.25, 0.3) is 0 Å². The van der Waals surface area contributed by atoms with Crippen LogP contribution in [-0.2, 0) is 21.0 Å². The molecule has 4 rings (SSSR count). The summed E-state index contributed by atoms with van der Waals surface area (Å²) in [7, 11) is 0. The van der Waals surface area contributed by atoms with Gasteiger partial charge in [-0.25, -0.2) is 14.6 Å². The van der Waals surface area contributed by atoms with Crippen LogP contribution in [0.1, 0.15) is 39.2 Å². The number of carbonyl (C=O) groups excluding carboxylic acids is 3. The molecule has 0 aromatic heterocycles. The van der Waals surface area contributed by atoms with E-state index in [0.29, 0.717) is 39.2 Å². The van der Waals surface area contributed by atoms with Gasteiger partial charge >= 0.3 is 12.1 Å². The number of piperidine rings is 1. The molecule has 0 aliphatic carbocycles. The van der Waals surface area contributed by atoms with Crippen molar-refractivity contribution in [2.75, 3.05) is 39.3 Å². The Morgan fingerprint density at radius 2 is 1.82 bits per heavy atom. The molecule has 0 radical (unpaired) electrons. The first kappa shape index (κ1) is 24.8. The zero-order chi connectivity index (χ0) is 23.8. The van der Waals surface area contributed by atoms with E-state index in [4.69, 9.17) is 9.57 Å². The van der Waals surface area contributed by atoms with Crippen LogP contribution in [0.25, 0.3) is 0 Å². The van der Waals surface area contributed by atoms with Crippen LogP contribution in [0.2, 0.25) is 0 Å². The highest BCUT2D eigenvalue weighted by molar-refractivity contribution is 5.76. The van der Waals surface area contributed by atoms with Crippen molar-refractivity contribution in [1.29, 1.82) is 0 Å². The molecule has 3 heterocycles. The molecule has 1 aromatic rings. The van der Waals surface area contributed by atoms with Crippen molar-refractivity contribution in [1.82, 2.24) is 25.3 Å². The Kier molecular flexibility index (Phi) is 8.51. The molecule has 1 unspecified atom stereocenters. The van der Waals surface area contributed by atoms with Crippen LogP contribution in [-0.4, -0.2) is 89.3 Å². The lowest BCUT2D eigenvalue weighted by atomic mass is 10.1. The van der Waals surface area contributed by atoms with Crippen LogP contribution in [0.15, 0.2) is 30.3 Å². The number of hydrazine groups is 1. The first-order chi connectivity index (χ1) is 15.8. The van der Waals surface area contributed by atoms with E-state index in [1.54, 1.807) is 15.0 Å². The second-order valence-corrected chi connectivity index (χ2v) is 9.31. The second kappa shape index (κ2) is 11.3. The lowest BCUT2D eigenvalue weighted by molar-refractivity contribution is -0.140. The molecule has 3 fully saturated rings. The fourth-order valence-electron chi connectivity index (χ4n) is 3.91. The van der Waals surface area contributed by atoms with Crippen molar-refractivity contribution < 1.29 is 24.0 Å². The van der Waals surface area contributed by atoms with Crippen LogP contribution < -0.4 is 5.43 Å². The maximum atomic E-state index is 11.9. The molecule has 3 aliphatic heterocycles. The molecule has 1 N–H and O–H groups in total. The lowest BCUT2D eigenvalue weighted by Crippen LogP contribution is -2.53. The van der Waals surface area contributed by atoms with Gasteiger partial charge in [-0.3, -0.25) is 15.1 Å². The summed E-state index contributed by atoms with van der Waals surface area (Å²) in [6, 6.07) is 10.2. The number of nitrogens with zero attached hydrogens (tertiary/aromatic N) is 4. The Labute approximate surface area is 195 Å². The highest BCUT2D eigenvalue weighted by Crippen LogP contribution is 2.26. The van der Waals surface area contributed by atoms with Gasteiger partial charge in [-0.05, 0) is 39.2 Å². The molecule has 33 heavy (non-hydrogen) atoms. The molecule has 1 atom stereocenters. The quantitative estimate of drug-likeness (QED) is 0.676. The van der Waals surface area contributed by atoms with Crippen LogP contribution >= 0.6 is 0 Å². The number of urea groups is 1. The summed E-state index contributed by atoms with van der Waals surface area (Å²) in [5, 5.41) is 3.34. The number of hydrogen-bond acceptors (Lipinski definition) is 6. The molecular formula is C23H35N5O5. The van der Waals surface area contributed by atoms with E-state index in [-0.39, 0.29) is 18.2 Å². The minimum Gasteiger partial charge on any atom is -0.444 e. The van der Waals surface area contributed by atoms with Gasteiger partial charge in [0.1, 0.15) is 12.2 Å². The lowest BCUT2D eigenvalue weighted by Gasteiger charge is -2.34. The Hall–Kier alpha value is -2.85. The molecule has 10 heteroatoms. The maximum Gasteiger partial charge on any atom is 0.410 e. The number of ether oxygens (including phenoxy) is 1. The Morgan fingerprint density at radius 1 is 1.12 bits per heavy atom. The van der Waals surface area contributed by atoms with Crippen LogP contribution in [0.3, 0.4) is 0 Å². The van der Waals surface area contributed by atoms with Gasteiger partial charge in [0.05, 0.1) is 6.04 Å². The number of fused-ring (bicyclic) bond motifs is 2. The van der Waals surface area contributed by atoms with E-state index < -0.39 is 5.60 Å². The number of hydroxylamine groups is 2. The van der Waals surface area contributed by atoms with Crippen molar-refractivity contribution in [3.8, 4) is 0 Å². The van der Waals surface area contributed by atoms with Crippen molar-refractivity contribution >= 4 is 18.5 Å². The van der Waals surface area contributed by atoms with E-state index in [0.717, 1.165) is 31.5 Å². The summed E-state index contributed by atoms with van der Waals surface area (Å²) in [5.74, 6) is 0. The summed E-state index contributed by atoms with van der Waals surface area (Å²) in [5.41, 5.74) is 3.20. The predicted octanol–water partition coefficient (Wildman–Crippen LogP) is 2.22. The van der Waals surface area contributed by atoms with Crippen molar-refractivity contribution in [3.63, 3.8) is 0 Å². The molecule has 3 saturated heterocycles. The number of piperazine rings is 1. The van der Waals surface area contributed by atoms with Gasteiger partial charge in [0, 0.05) is 39.3 Å². The van der Waals surface area contributed by atoms with E-state index in [1.165, 1.54) is 0 Å². The third-order valence-electron chi connectivity index (χ3n) is 5.57. The number of hydrogen-bond donors (Lipinski definition) is 1. The number of amides is 4. The molecule has 4 amide bonds. The summed E-state index contributed by atoms with van der Waals surface area (Å²) in [6.45, 7) is 10.1. The van der Waals surface area contributed by atoms with Crippen LogP contribution in [0.4, 0.5) is 9.59 Å². The summed E-state index contributed by atoms with van der Waals surface area (Å²) in [6.07, 6.45) is 2.49. The fourth-order valence-corrected chi connectivity index (χ4v) is 3.91. The normalized spacial score (nSPS) is 20.8. The minimum atomic E-state index is -0.463. The first-order valence-corrected chi connectivity index (χ1v) is 11.4. The summed E-state index contributed by atoms with van der Waals surface area (Å²) in [4.78, 5) is 43.0. The average Bonchev–Trinajstić information content (AvgIpc) is 3.00. The minimum absolute atomic E-state index is 0.0310. The number of rotatable bonds is 5. The van der Waals surface area contributed by atoms with Crippen LogP contribution in [0, 0.1) is 0 Å². The van der Waals surface area contributed by atoms with E-state index in [2.05, 4.69) is 5.43 Å². The third kappa shape index (κ3) is 7.33. The topological polar surface area (TPSA) is 94.7 Å². The molecule has 3 aliphatic rings. The summed E-state index contributed by atoms with van der Waals surface area (Å²) >= 11 is 0. The van der Waals surface area contributed by atoms with Crippen molar-refractivity contribution in [2.24, 2.45) is 0 Å². The van der Waals surface area contributed by atoms with Gasteiger partial charge in [-0.1, -0.05) is 30.3 Å². The zero-order valence-electron chi connectivity index (χ0n) is 19.7. The molecule has 0 saturated carbocycles. The van der Waals surface area contributed by atoms with Gasteiger partial charge < -0.3 is 14.5 Å². The van der Waals surface area contributed by atoms with Gasteiger partial charge in [-0.2, -0.15) is 5.06 Å². The number of nitrogens with one attached hydrogen (secondary N) is 1.